The van der Waals surface area contributed by atoms with E-state index >= 15 is 0 Å². The van der Waals surface area contributed by atoms with Crippen molar-refractivity contribution in [1.82, 2.24) is 15.1 Å². The zero-order valence-electron chi connectivity index (χ0n) is 20.2. The van der Waals surface area contributed by atoms with E-state index in [4.69, 9.17) is 5.73 Å². The maximum absolute atomic E-state index is 13.6. The largest absolute Gasteiger partial charge is 0.399 e. The van der Waals surface area contributed by atoms with Crippen LogP contribution >= 0.6 is 0 Å². The van der Waals surface area contributed by atoms with Gasteiger partial charge in [0.15, 0.2) is 5.78 Å². The third kappa shape index (κ3) is 5.41. The number of benzene rings is 1. The SMILES string of the molecule is CCCC(CO)C(=O)N1CC(=O)C2C1CCN2C(=O)C(CC(C)C)NC(=O)c1ccc(N)cc1. The van der Waals surface area contributed by atoms with Gasteiger partial charge < -0.3 is 26.0 Å². The number of nitrogens with two attached hydrogens (primary N) is 1. The molecule has 9 heteroatoms. The number of nitrogens with zero attached hydrogens (tertiary/aromatic N) is 2. The Hall–Kier alpha value is -2.94. The topological polar surface area (TPSA) is 133 Å². The second-order valence-electron chi connectivity index (χ2n) is 9.71. The number of rotatable bonds is 9. The lowest BCUT2D eigenvalue weighted by Gasteiger charge is -2.29. The molecule has 1 aromatic rings. The molecule has 2 saturated heterocycles. The number of carbonyl (C=O) groups is 4. The third-order valence-electron chi connectivity index (χ3n) is 6.68. The molecule has 4 unspecified atom stereocenters. The zero-order chi connectivity index (χ0) is 25.0. The molecular weight excluding hydrogens is 436 g/mol. The molecule has 0 bridgehead atoms. The molecule has 2 heterocycles. The first-order chi connectivity index (χ1) is 16.2. The van der Waals surface area contributed by atoms with Crippen LogP contribution in [0.2, 0.25) is 0 Å². The average Bonchev–Trinajstić information content (AvgIpc) is 3.37. The molecule has 4 atom stereocenters. The summed E-state index contributed by atoms with van der Waals surface area (Å²) in [5.41, 5.74) is 6.63. The van der Waals surface area contributed by atoms with Crippen LogP contribution in [0.3, 0.4) is 0 Å². The van der Waals surface area contributed by atoms with E-state index in [1.165, 1.54) is 4.90 Å². The molecule has 186 valence electrons. The highest BCUT2D eigenvalue weighted by Gasteiger charge is 2.52. The highest BCUT2D eigenvalue weighted by Crippen LogP contribution is 2.32. The molecule has 4 N–H and O–H groups in total. The lowest BCUT2D eigenvalue weighted by molar-refractivity contribution is -0.139. The number of nitrogens with one attached hydrogen (secondary N) is 1. The van der Waals surface area contributed by atoms with Crippen LogP contribution in [0.15, 0.2) is 24.3 Å². The van der Waals surface area contributed by atoms with Gasteiger partial charge in [-0.25, -0.2) is 0 Å². The fraction of sp³-hybridized carbons (Fsp3) is 0.600. The van der Waals surface area contributed by atoms with Gasteiger partial charge in [-0.05, 0) is 49.4 Å². The monoisotopic (exact) mass is 472 g/mol. The van der Waals surface area contributed by atoms with Crippen molar-refractivity contribution >= 4 is 29.2 Å². The molecule has 0 aromatic heterocycles. The van der Waals surface area contributed by atoms with Crippen molar-refractivity contribution in [2.24, 2.45) is 11.8 Å². The first-order valence-electron chi connectivity index (χ1n) is 12.1. The Labute approximate surface area is 200 Å². The first-order valence-corrected chi connectivity index (χ1v) is 12.1. The number of fused-ring (bicyclic) bond motifs is 1. The van der Waals surface area contributed by atoms with Crippen molar-refractivity contribution in [3.63, 3.8) is 0 Å². The van der Waals surface area contributed by atoms with Crippen molar-refractivity contribution < 1.29 is 24.3 Å². The first kappa shape index (κ1) is 25.7. The van der Waals surface area contributed by atoms with Gasteiger partial charge in [0.1, 0.15) is 12.1 Å². The van der Waals surface area contributed by atoms with Crippen molar-refractivity contribution in [3.8, 4) is 0 Å². The maximum atomic E-state index is 13.6. The van der Waals surface area contributed by atoms with Crippen molar-refractivity contribution in [1.29, 1.82) is 0 Å². The Morgan fingerprint density at radius 1 is 1.15 bits per heavy atom. The van der Waals surface area contributed by atoms with Gasteiger partial charge in [-0.3, -0.25) is 19.2 Å². The number of hydrogen-bond donors (Lipinski definition) is 3. The van der Waals surface area contributed by atoms with Crippen LogP contribution in [0.4, 0.5) is 5.69 Å². The fourth-order valence-electron chi connectivity index (χ4n) is 5.00. The maximum Gasteiger partial charge on any atom is 0.251 e. The van der Waals surface area contributed by atoms with Crippen molar-refractivity contribution in [2.45, 2.75) is 64.6 Å². The Bertz CT molecular complexity index is 916. The minimum absolute atomic E-state index is 0.0508. The van der Waals surface area contributed by atoms with Gasteiger partial charge in [0, 0.05) is 17.8 Å². The van der Waals surface area contributed by atoms with Crippen LogP contribution in [0.25, 0.3) is 0 Å². The number of aliphatic hydroxyl groups excluding tert-OH is 1. The summed E-state index contributed by atoms with van der Waals surface area (Å²) in [4.78, 5) is 55.3. The number of likely N-dealkylation sites (tertiary alicyclic amines) is 2. The standard InChI is InChI=1S/C25H36N4O5/c1-4-5-17(14-30)24(33)29-13-21(31)22-20(29)10-11-28(22)25(34)19(12-15(2)3)27-23(32)16-6-8-18(26)9-7-16/h6-9,15,17,19-20,22,30H,4-5,10-14,26H2,1-3H3,(H,27,32). The number of carbonyl (C=O) groups excluding carboxylic acids is 4. The van der Waals surface area contributed by atoms with Gasteiger partial charge in [0.05, 0.1) is 25.1 Å². The van der Waals surface area contributed by atoms with Gasteiger partial charge in [-0.1, -0.05) is 27.2 Å². The summed E-state index contributed by atoms with van der Waals surface area (Å²) >= 11 is 0. The second kappa shape index (κ2) is 11.0. The minimum Gasteiger partial charge on any atom is -0.399 e. The van der Waals surface area contributed by atoms with Crippen molar-refractivity contribution in [3.05, 3.63) is 29.8 Å². The molecule has 3 rings (SSSR count). The van der Waals surface area contributed by atoms with Crippen molar-refractivity contribution in [2.75, 3.05) is 25.4 Å². The van der Waals surface area contributed by atoms with E-state index in [-0.39, 0.29) is 48.6 Å². The molecular formula is C25H36N4O5. The summed E-state index contributed by atoms with van der Waals surface area (Å²) in [6.45, 7) is 5.90. The lowest BCUT2D eigenvalue weighted by atomic mass is 10.0. The summed E-state index contributed by atoms with van der Waals surface area (Å²) in [6, 6.07) is 4.58. The number of ketones is 1. The molecule has 0 aliphatic carbocycles. The van der Waals surface area contributed by atoms with Crippen LogP contribution in [-0.4, -0.2) is 76.2 Å². The molecule has 2 aliphatic heterocycles. The number of amides is 3. The molecule has 2 aliphatic rings. The summed E-state index contributed by atoms with van der Waals surface area (Å²) in [7, 11) is 0. The van der Waals surface area contributed by atoms with Gasteiger partial charge in [0.2, 0.25) is 11.8 Å². The molecule has 3 amide bonds. The summed E-state index contributed by atoms with van der Waals surface area (Å²) < 4.78 is 0. The van der Waals surface area contributed by atoms with Crippen LogP contribution in [0.5, 0.6) is 0 Å². The van der Waals surface area contributed by atoms with E-state index in [0.29, 0.717) is 37.1 Å². The molecule has 1 aromatic carbocycles. The van der Waals surface area contributed by atoms with E-state index in [9.17, 15) is 24.3 Å². The fourth-order valence-corrected chi connectivity index (χ4v) is 5.00. The predicted molar refractivity (Wildman–Crippen MR) is 128 cm³/mol. The van der Waals surface area contributed by atoms with E-state index in [0.717, 1.165) is 6.42 Å². The molecule has 0 radical (unpaired) electrons. The number of Topliss-reactive ketones (excluding diaryl/α,β-unsaturated/α-hetero) is 1. The normalized spacial score (nSPS) is 21.5. The van der Waals surface area contributed by atoms with Crippen LogP contribution in [0, 0.1) is 11.8 Å². The molecule has 34 heavy (non-hydrogen) atoms. The Balaban J connectivity index is 1.76. The molecule has 0 saturated carbocycles. The van der Waals surface area contributed by atoms with Crippen LogP contribution in [0.1, 0.15) is 56.8 Å². The van der Waals surface area contributed by atoms with Gasteiger partial charge >= 0.3 is 0 Å². The smallest absolute Gasteiger partial charge is 0.251 e. The zero-order valence-corrected chi connectivity index (χ0v) is 20.2. The number of aliphatic hydroxyl groups is 1. The van der Waals surface area contributed by atoms with Gasteiger partial charge in [-0.15, -0.1) is 0 Å². The molecule has 9 nitrogen and oxygen atoms in total. The summed E-state index contributed by atoms with van der Waals surface area (Å²) in [5.74, 6) is -1.49. The lowest BCUT2D eigenvalue weighted by Crippen LogP contribution is -2.53. The highest BCUT2D eigenvalue weighted by molar-refractivity contribution is 6.01. The third-order valence-corrected chi connectivity index (χ3v) is 6.68. The van der Waals surface area contributed by atoms with E-state index < -0.39 is 18.0 Å². The van der Waals surface area contributed by atoms with Crippen LogP contribution < -0.4 is 11.1 Å². The Morgan fingerprint density at radius 2 is 1.82 bits per heavy atom. The number of nitrogen functional groups attached to an aromatic ring is 1. The highest BCUT2D eigenvalue weighted by atomic mass is 16.3. The molecule has 0 spiro atoms. The predicted octanol–water partition coefficient (Wildman–Crippen LogP) is 1.20. The number of anilines is 1. The van der Waals surface area contributed by atoms with Gasteiger partial charge in [0.25, 0.3) is 5.91 Å². The van der Waals surface area contributed by atoms with E-state index in [2.05, 4.69) is 5.32 Å². The van der Waals surface area contributed by atoms with Gasteiger partial charge in [-0.2, -0.15) is 0 Å². The van der Waals surface area contributed by atoms with Crippen LogP contribution in [-0.2, 0) is 14.4 Å². The van der Waals surface area contributed by atoms with E-state index in [1.807, 2.05) is 20.8 Å². The van der Waals surface area contributed by atoms with E-state index in [1.54, 1.807) is 29.2 Å². The summed E-state index contributed by atoms with van der Waals surface area (Å²) in [5, 5.41) is 12.5. The quantitative estimate of drug-likeness (QED) is 0.463. The Kier molecular flexibility index (Phi) is 8.30. The minimum atomic E-state index is -0.786. The number of hydrogen-bond acceptors (Lipinski definition) is 6. The summed E-state index contributed by atoms with van der Waals surface area (Å²) in [6.07, 6.45) is 2.22. The Morgan fingerprint density at radius 3 is 2.41 bits per heavy atom. The average molecular weight is 473 g/mol. The molecule has 2 fully saturated rings. The second-order valence-corrected chi connectivity index (χ2v) is 9.71.